The second-order valence-corrected chi connectivity index (χ2v) is 5.13. The molecule has 0 spiro atoms. The van der Waals surface area contributed by atoms with E-state index in [0.717, 1.165) is 18.5 Å². The van der Waals surface area contributed by atoms with Crippen LogP contribution < -0.4 is 0 Å². The smallest absolute Gasteiger partial charge is 0.124 e. The predicted octanol–water partition coefficient (Wildman–Crippen LogP) is 2.68. The maximum absolute atomic E-state index is 12.9. The lowest BCUT2D eigenvalue weighted by Gasteiger charge is -2.25. The fourth-order valence-electron chi connectivity index (χ4n) is 2.45. The summed E-state index contributed by atoms with van der Waals surface area (Å²) in [6, 6.07) is 4.67. The van der Waals surface area contributed by atoms with E-state index in [1.807, 2.05) is 0 Å². The van der Waals surface area contributed by atoms with Gasteiger partial charge in [-0.1, -0.05) is 24.6 Å². The normalized spacial score (nSPS) is 25.4. The lowest BCUT2D eigenvalue weighted by atomic mass is 10.0. The number of halogens is 2. The SMILES string of the molecule is CC1CCN(Cc2ccc(F)cc2Cl)C1CO. The molecule has 1 aromatic carbocycles. The maximum atomic E-state index is 12.9. The Kier molecular flexibility index (Phi) is 4.02. The number of aliphatic hydroxyl groups is 1. The summed E-state index contributed by atoms with van der Waals surface area (Å²) in [5.74, 6) is 0.187. The number of nitrogens with zero attached hydrogens (tertiary/aromatic N) is 1. The average Bonchev–Trinajstić information content (AvgIpc) is 2.63. The highest BCUT2D eigenvalue weighted by Gasteiger charge is 2.30. The third kappa shape index (κ3) is 2.79. The zero-order valence-electron chi connectivity index (χ0n) is 9.87. The van der Waals surface area contributed by atoms with Crippen molar-refractivity contribution in [3.63, 3.8) is 0 Å². The monoisotopic (exact) mass is 257 g/mol. The summed E-state index contributed by atoms with van der Waals surface area (Å²) in [7, 11) is 0. The van der Waals surface area contributed by atoms with E-state index in [1.54, 1.807) is 6.07 Å². The van der Waals surface area contributed by atoms with Gasteiger partial charge in [-0.3, -0.25) is 4.90 Å². The summed E-state index contributed by atoms with van der Waals surface area (Å²) < 4.78 is 12.9. The standard InChI is InChI=1S/C13H17ClFNO/c1-9-4-5-16(13(9)8-17)7-10-2-3-11(15)6-12(10)14/h2-3,6,9,13,17H,4-5,7-8H2,1H3. The van der Waals surface area contributed by atoms with Gasteiger partial charge in [-0.15, -0.1) is 0 Å². The molecule has 17 heavy (non-hydrogen) atoms. The van der Waals surface area contributed by atoms with Gasteiger partial charge < -0.3 is 5.11 Å². The van der Waals surface area contributed by atoms with Crippen molar-refractivity contribution >= 4 is 11.6 Å². The molecule has 2 nitrogen and oxygen atoms in total. The quantitative estimate of drug-likeness (QED) is 0.900. The van der Waals surface area contributed by atoms with Gasteiger partial charge in [0.25, 0.3) is 0 Å². The molecule has 94 valence electrons. The van der Waals surface area contributed by atoms with Gasteiger partial charge in [0.1, 0.15) is 5.82 Å². The van der Waals surface area contributed by atoms with E-state index >= 15 is 0 Å². The summed E-state index contributed by atoms with van der Waals surface area (Å²) in [6.45, 7) is 3.95. The molecular weight excluding hydrogens is 241 g/mol. The fraction of sp³-hybridized carbons (Fsp3) is 0.538. The molecule has 1 N–H and O–H groups in total. The van der Waals surface area contributed by atoms with E-state index in [1.165, 1.54) is 12.1 Å². The molecular formula is C13H17ClFNO. The highest BCUT2D eigenvalue weighted by Crippen LogP contribution is 2.27. The highest BCUT2D eigenvalue weighted by atomic mass is 35.5. The first-order chi connectivity index (χ1) is 8.11. The molecule has 2 unspecified atom stereocenters. The van der Waals surface area contributed by atoms with Gasteiger partial charge in [0.2, 0.25) is 0 Å². The Labute approximate surface area is 106 Å². The molecule has 0 amide bonds. The van der Waals surface area contributed by atoms with Crippen molar-refractivity contribution in [2.24, 2.45) is 5.92 Å². The molecule has 1 heterocycles. The van der Waals surface area contributed by atoms with Crippen LogP contribution in [0.1, 0.15) is 18.9 Å². The van der Waals surface area contributed by atoms with E-state index < -0.39 is 0 Å². The zero-order chi connectivity index (χ0) is 12.4. The van der Waals surface area contributed by atoms with Crippen molar-refractivity contribution in [1.82, 2.24) is 4.90 Å². The van der Waals surface area contributed by atoms with Gasteiger partial charge in [0.05, 0.1) is 6.61 Å². The van der Waals surface area contributed by atoms with Crippen LogP contribution in [0, 0.1) is 11.7 Å². The third-order valence-corrected chi connectivity index (χ3v) is 3.92. The van der Waals surface area contributed by atoms with Crippen LogP contribution in [0.4, 0.5) is 4.39 Å². The number of hydrogen-bond acceptors (Lipinski definition) is 2. The van der Waals surface area contributed by atoms with Crippen molar-refractivity contribution in [3.05, 3.63) is 34.6 Å². The zero-order valence-corrected chi connectivity index (χ0v) is 10.6. The van der Waals surface area contributed by atoms with Crippen molar-refractivity contribution in [2.45, 2.75) is 25.9 Å². The molecule has 4 heteroatoms. The van der Waals surface area contributed by atoms with Gasteiger partial charge >= 0.3 is 0 Å². The number of rotatable bonds is 3. The Morgan fingerprint density at radius 3 is 2.94 bits per heavy atom. The summed E-state index contributed by atoms with van der Waals surface area (Å²) in [5, 5.41) is 9.82. The van der Waals surface area contributed by atoms with E-state index in [2.05, 4.69) is 11.8 Å². The molecule has 1 aliphatic heterocycles. The van der Waals surface area contributed by atoms with Crippen LogP contribution in [0.2, 0.25) is 5.02 Å². The summed E-state index contributed by atoms with van der Waals surface area (Å²) in [5.41, 5.74) is 0.917. The molecule has 0 aromatic heterocycles. The lowest BCUT2D eigenvalue weighted by Crippen LogP contribution is -2.34. The van der Waals surface area contributed by atoms with Crippen LogP contribution in [-0.4, -0.2) is 29.2 Å². The van der Waals surface area contributed by atoms with E-state index in [-0.39, 0.29) is 18.5 Å². The van der Waals surface area contributed by atoms with Crippen LogP contribution in [0.15, 0.2) is 18.2 Å². The molecule has 2 atom stereocenters. The molecule has 0 radical (unpaired) electrons. The second kappa shape index (κ2) is 5.34. The van der Waals surface area contributed by atoms with Gasteiger partial charge in [-0.25, -0.2) is 4.39 Å². The average molecular weight is 258 g/mol. The number of likely N-dealkylation sites (tertiary alicyclic amines) is 1. The van der Waals surface area contributed by atoms with Crippen LogP contribution in [-0.2, 0) is 6.54 Å². The third-order valence-electron chi connectivity index (χ3n) is 3.57. The van der Waals surface area contributed by atoms with Crippen LogP contribution in [0.3, 0.4) is 0 Å². The van der Waals surface area contributed by atoms with Crippen molar-refractivity contribution in [1.29, 1.82) is 0 Å². The Bertz CT molecular complexity index is 399. The number of aliphatic hydroxyl groups excluding tert-OH is 1. The maximum Gasteiger partial charge on any atom is 0.124 e. The molecule has 1 saturated heterocycles. The first-order valence-electron chi connectivity index (χ1n) is 5.90. The Hall–Kier alpha value is -0.640. The lowest BCUT2D eigenvalue weighted by molar-refractivity contribution is 0.134. The summed E-state index contributed by atoms with van der Waals surface area (Å²) in [6.07, 6.45) is 1.09. The molecule has 1 aromatic rings. The van der Waals surface area contributed by atoms with E-state index in [9.17, 15) is 9.50 Å². The highest BCUT2D eigenvalue weighted by molar-refractivity contribution is 6.31. The topological polar surface area (TPSA) is 23.5 Å². The van der Waals surface area contributed by atoms with E-state index in [0.29, 0.717) is 17.5 Å². The Morgan fingerprint density at radius 2 is 2.29 bits per heavy atom. The first kappa shape index (κ1) is 12.8. The molecule has 2 rings (SSSR count). The number of benzene rings is 1. The minimum Gasteiger partial charge on any atom is -0.395 e. The Morgan fingerprint density at radius 1 is 1.53 bits per heavy atom. The van der Waals surface area contributed by atoms with Crippen molar-refractivity contribution in [3.8, 4) is 0 Å². The van der Waals surface area contributed by atoms with Crippen LogP contribution in [0.5, 0.6) is 0 Å². The first-order valence-corrected chi connectivity index (χ1v) is 6.28. The minimum absolute atomic E-state index is 0.167. The molecule has 0 saturated carbocycles. The van der Waals surface area contributed by atoms with Gasteiger partial charge in [-0.2, -0.15) is 0 Å². The van der Waals surface area contributed by atoms with Crippen molar-refractivity contribution in [2.75, 3.05) is 13.2 Å². The van der Waals surface area contributed by atoms with Crippen molar-refractivity contribution < 1.29 is 9.50 Å². The minimum atomic E-state index is -0.313. The fourth-order valence-corrected chi connectivity index (χ4v) is 2.67. The largest absolute Gasteiger partial charge is 0.395 e. The van der Waals surface area contributed by atoms with E-state index in [4.69, 9.17) is 11.6 Å². The summed E-state index contributed by atoms with van der Waals surface area (Å²) >= 11 is 6.01. The molecule has 0 bridgehead atoms. The van der Waals surface area contributed by atoms with Gasteiger partial charge in [-0.05, 0) is 36.6 Å². The van der Waals surface area contributed by atoms with Crippen LogP contribution in [0.25, 0.3) is 0 Å². The molecule has 0 aliphatic carbocycles. The second-order valence-electron chi connectivity index (χ2n) is 4.72. The predicted molar refractivity (Wildman–Crippen MR) is 66.5 cm³/mol. The molecule has 1 fully saturated rings. The Balaban J connectivity index is 2.10. The number of hydrogen-bond donors (Lipinski definition) is 1. The van der Waals surface area contributed by atoms with Gasteiger partial charge in [0, 0.05) is 17.6 Å². The summed E-state index contributed by atoms with van der Waals surface area (Å²) in [4.78, 5) is 2.21. The van der Waals surface area contributed by atoms with Crippen LogP contribution >= 0.6 is 11.6 Å². The van der Waals surface area contributed by atoms with Gasteiger partial charge in [0.15, 0.2) is 0 Å². The molecule has 1 aliphatic rings.